The van der Waals surface area contributed by atoms with Crippen LogP contribution < -0.4 is 25.4 Å². The maximum absolute atomic E-state index is 12.3. The smallest absolute Gasteiger partial charge is 0.258 e. The first-order valence-electron chi connectivity index (χ1n) is 8.76. The molecule has 3 N–H and O–H groups in total. The van der Waals surface area contributed by atoms with E-state index >= 15 is 0 Å². The van der Waals surface area contributed by atoms with Gasteiger partial charge in [0.1, 0.15) is 0 Å². The van der Waals surface area contributed by atoms with Crippen molar-refractivity contribution in [3.63, 3.8) is 0 Å². The van der Waals surface area contributed by atoms with Gasteiger partial charge in [-0.25, -0.2) is 0 Å². The number of rotatable bonds is 8. The van der Waals surface area contributed by atoms with Crippen molar-refractivity contribution in [3.8, 4) is 11.5 Å². The molecule has 0 aliphatic carbocycles. The number of amides is 2. The van der Waals surface area contributed by atoms with E-state index in [1.165, 1.54) is 12.7 Å². The molecule has 0 atom stereocenters. The first-order chi connectivity index (χ1) is 12.5. The average Bonchev–Trinajstić information content (AvgIpc) is 2.64. The molecular weight excluding hydrogens is 370 g/mol. The Morgan fingerprint density at radius 3 is 2.67 bits per heavy atom. The van der Waals surface area contributed by atoms with Crippen molar-refractivity contribution in [1.82, 2.24) is 16.0 Å². The monoisotopic (exact) mass is 397 g/mol. The molecule has 8 heteroatoms. The minimum absolute atomic E-state index is 0. The molecule has 0 bridgehead atoms. The van der Waals surface area contributed by atoms with Crippen molar-refractivity contribution in [3.05, 3.63) is 35.4 Å². The molecule has 0 spiro atoms. The van der Waals surface area contributed by atoms with Crippen molar-refractivity contribution < 1.29 is 19.1 Å². The Hall–Kier alpha value is -2.25. The van der Waals surface area contributed by atoms with Crippen LogP contribution in [0.3, 0.4) is 0 Å². The fraction of sp³-hybridized carbons (Fsp3) is 0.474. The Kier molecular flexibility index (Phi) is 9.67. The van der Waals surface area contributed by atoms with Gasteiger partial charge in [-0.05, 0) is 45.0 Å². The van der Waals surface area contributed by atoms with Gasteiger partial charge in [0, 0.05) is 24.7 Å². The molecule has 150 valence electrons. The second kappa shape index (κ2) is 11.5. The van der Waals surface area contributed by atoms with Gasteiger partial charge in [0.25, 0.3) is 11.8 Å². The highest BCUT2D eigenvalue weighted by atomic mass is 35.5. The number of nitrogens with one attached hydrogen (secondary N) is 3. The van der Waals surface area contributed by atoms with E-state index in [2.05, 4.69) is 22.0 Å². The van der Waals surface area contributed by atoms with Gasteiger partial charge in [0.05, 0.1) is 7.11 Å². The molecule has 1 aromatic rings. The van der Waals surface area contributed by atoms with E-state index in [0.29, 0.717) is 23.6 Å². The van der Waals surface area contributed by atoms with Gasteiger partial charge in [0.2, 0.25) is 0 Å². The van der Waals surface area contributed by atoms with Crippen LogP contribution in [0.15, 0.2) is 29.8 Å². The molecule has 0 saturated heterocycles. The number of halogens is 1. The predicted molar refractivity (Wildman–Crippen MR) is 107 cm³/mol. The Labute approximate surface area is 166 Å². The molecule has 1 heterocycles. The number of hydrogen-bond donors (Lipinski definition) is 3. The standard InChI is InChI=1S/C19H27N3O4.ClH/c1-13(2)22-18(23)12-26-16-5-4-15(10-17(16)25-3)19(24)21-11-14-6-8-20-9-7-14;/h4-6,10,13,20H,7-9,11-12H2,1-3H3,(H,21,24)(H,22,23);1H. The van der Waals surface area contributed by atoms with Crippen molar-refractivity contribution in [2.24, 2.45) is 0 Å². The van der Waals surface area contributed by atoms with Crippen LogP contribution in [0.1, 0.15) is 30.6 Å². The number of carbonyl (C=O) groups excluding carboxylic acids is 2. The molecule has 0 unspecified atom stereocenters. The van der Waals surface area contributed by atoms with E-state index in [1.54, 1.807) is 18.2 Å². The molecule has 0 radical (unpaired) electrons. The topological polar surface area (TPSA) is 88.7 Å². The average molecular weight is 398 g/mol. The minimum Gasteiger partial charge on any atom is -0.493 e. The normalized spacial score (nSPS) is 13.3. The highest BCUT2D eigenvalue weighted by Gasteiger charge is 2.13. The van der Waals surface area contributed by atoms with Crippen LogP contribution >= 0.6 is 12.4 Å². The summed E-state index contributed by atoms with van der Waals surface area (Å²) in [6.07, 6.45) is 3.04. The van der Waals surface area contributed by atoms with Gasteiger partial charge in [-0.2, -0.15) is 0 Å². The van der Waals surface area contributed by atoms with Crippen LogP contribution in [0, 0.1) is 0 Å². The lowest BCUT2D eigenvalue weighted by atomic mass is 10.1. The van der Waals surface area contributed by atoms with E-state index in [1.807, 2.05) is 13.8 Å². The Bertz CT molecular complexity index is 677. The van der Waals surface area contributed by atoms with Gasteiger partial charge >= 0.3 is 0 Å². The van der Waals surface area contributed by atoms with Crippen LogP contribution in [-0.2, 0) is 4.79 Å². The number of benzene rings is 1. The molecule has 0 fully saturated rings. The van der Waals surface area contributed by atoms with Gasteiger partial charge in [-0.1, -0.05) is 11.6 Å². The highest BCUT2D eigenvalue weighted by Crippen LogP contribution is 2.28. The van der Waals surface area contributed by atoms with Gasteiger partial charge < -0.3 is 25.4 Å². The van der Waals surface area contributed by atoms with Crippen LogP contribution in [0.4, 0.5) is 0 Å². The summed E-state index contributed by atoms with van der Waals surface area (Å²) in [5.74, 6) is 0.450. The molecule has 2 rings (SSSR count). The molecule has 0 aromatic heterocycles. The minimum atomic E-state index is -0.209. The van der Waals surface area contributed by atoms with Crippen LogP contribution in [0.5, 0.6) is 11.5 Å². The maximum Gasteiger partial charge on any atom is 0.258 e. The molecule has 1 aliphatic rings. The van der Waals surface area contributed by atoms with Gasteiger partial charge in [0.15, 0.2) is 18.1 Å². The Balaban J connectivity index is 0.00000364. The zero-order chi connectivity index (χ0) is 18.9. The molecular formula is C19H28ClN3O4. The summed E-state index contributed by atoms with van der Waals surface area (Å²) >= 11 is 0. The SMILES string of the molecule is COc1cc(C(=O)NCC2=CCNCC2)ccc1OCC(=O)NC(C)C.Cl. The van der Waals surface area contributed by atoms with Gasteiger partial charge in [-0.3, -0.25) is 9.59 Å². The van der Waals surface area contributed by atoms with Crippen molar-refractivity contribution >= 4 is 24.2 Å². The van der Waals surface area contributed by atoms with Crippen LogP contribution in [0.2, 0.25) is 0 Å². The fourth-order valence-electron chi connectivity index (χ4n) is 2.56. The lowest BCUT2D eigenvalue weighted by Crippen LogP contribution is -2.34. The third-order valence-electron chi connectivity index (χ3n) is 3.87. The lowest BCUT2D eigenvalue weighted by Gasteiger charge is -2.15. The molecule has 0 saturated carbocycles. The summed E-state index contributed by atoms with van der Waals surface area (Å²) < 4.78 is 10.8. The van der Waals surface area contributed by atoms with Crippen molar-refractivity contribution in [1.29, 1.82) is 0 Å². The zero-order valence-electron chi connectivity index (χ0n) is 16.0. The molecule has 1 aliphatic heterocycles. The quantitative estimate of drug-likeness (QED) is 0.581. The highest BCUT2D eigenvalue weighted by molar-refractivity contribution is 5.95. The third-order valence-corrected chi connectivity index (χ3v) is 3.87. The summed E-state index contributed by atoms with van der Waals surface area (Å²) in [6.45, 7) is 5.97. The third kappa shape index (κ3) is 7.48. The number of carbonyl (C=O) groups is 2. The fourth-order valence-corrected chi connectivity index (χ4v) is 2.56. The lowest BCUT2D eigenvalue weighted by molar-refractivity contribution is -0.123. The molecule has 1 aromatic carbocycles. The van der Waals surface area contributed by atoms with Crippen molar-refractivity contribution in [2.75, 3.05) is 33.4 Å². The number of methoxy groups -OCH3 is 1. The first-order valence-corrected chi connectivity index (χ1v) is 8.76. The molecule has 7 nitrogen and oxygen atoms in total. The summed E-state index contributed by atoms with van der Waals surface area (Å²) in [4.78, 5) is 24.0. The first kappa shape index (κ1) is 22.8. The Morgan fingerprint density at radius 2 is 2.04 bits per heavy atom. The second-order valence-electron chi connectivity index (χ2n) is 6.38. The van der Waals surface area contributed by atoms with Gasteiger partial charge in [-0.15, -0.1) is 12.4 Å². The number of hydrogen-bond acceptors (Lipinski definition) is 5. The van der Waals surface area contributed by atoms with Crippen LogP contribution in [-0.4, -0.2) is 51.2 Å². The maximum atomic E-state index is 12.3. The second-order valence-corrected chi connectivity index (χ2v) is 6.38. The van der Waals surface area contributed by atoms with E-state index in [4.69, 9.17) is 9.47 Å². The summed E-state index contributed by atoms with van der Waals surface area (Å²) in [5.41, 5.74) is 1.70. The van der Waals surface area contributed by atoms with E-state index in [0.717, 1.165) is 19.5 Å². The Morgan fingerprint density at radius 1 is 1.26 bits per heavy atom. The molecule has 27 heavy (non-hydrogen) atoms. The predicted octanol–water partition coefficient (Wildman–Crippen LogP) is 1.67. The zero-order valence-corrected chi connectivity index (χ0v) is 16.8. The largest absolute Gasteiger partial charge is 0.493 e. The molecule has 2 amide bonds. The van der Waals surface area contributed by atoms with E-state index in [9.17, 15) is 9.59 Å². The summed E-state index contributed by atoms with van der Waals surface area (Å²) in [6, 6.07) is 4.96. The summed E-state index contributed by atoms with van der Waals surface area (Å²) in [7, 11) is 1.50. The van der Waals surface area contributed by atoms with E-state index in [-0.39, 0.29) is 36.9 Å². The number of ether oxygens (including phenoxy) is 2. The van der Waals surface area contributed by atoms with Crippen molar-refractivity contribution in [2.45, 2.75) is 26.3 Å². The summed E-state index contributed by atoms with van der Waals surface area (Å²) in [5, 5.41) is 8.90. The van der Waals surface area contributed by atoms with E-state index < -0.39 is 0 Å². The van der Waals surface area contributed by atoms with Crippen LogP contribution in [0.25, 0.3) is 0 Å².